The molecule has 8 nitrogen and oxygen atoms in total. The quantitative estimate of drug-likeness (QED) is 0.405. The van der Waals surface area contributed by atoms with E-state index in [4.69, 9.17) is 14.2 Å². The number of aromatic nitrogens is 1. The standard InChI is InChI=1S/C28H27N3O5/c1-18-3-6-21(7-4-18)29-16-20-13-19-5-9-23(34-2)15-24(19)31(28(20)33)17-27(32)30-22-8-10-25-26(14-22)36-12-11-35-25/h3-10,13-15,29H,11-12,16-17H2,1-2H3,(H,30,32). The molecule has 0 spiro atoms. The molecular weight excluding hydrogens is 458 g/mol. The fourth-order valence-corrected chi connectivity index (χ4v) is 4.16. The number of hydrogen-bond acceptors (Lipinski definition) is 6. The van der Waals surface area contributed by atoms with Gasteiger partial charge < -0.3 is 24.8 Å². The number of nitrogens with zero attached hydrogens (tertiary/aromatic N) is 1. The summed E-state index contributed by atoms with van der Waals surface area (Å²) in [6, 6.07) is 20.5. The van der Waals surface area contributed by atoms with Crippen LogP contribution in [0.25, 0.3) is 10.9 Å². The smallest absolute Gasteiger partial charge is 0.256 e. The maximum absolute atomic E-state index is 13.5. The molecule has 0 bridgehead atoms. The minimum absolute atomic E-state index is 0.157. The summed E-state index contributed by atoms with van der Waals surface area (Å²) in [6.07, 6.45) is 0. The lowest BCUT2D eigenvalue weighted by atomic mass is 10.1. The lowest BCUT2D eigenvalue weighted by molar-refractivity contribution is -0.116. The molecule has 0 radical (unpaired) electrons. The topological polar surface area (TPSA) is 90.8 Å². The summed E-state index contributed by atoms with van der Waals surface area (Å²) in [5, 5.41) is 7.00. The molecule has 3 aromatic carbocycles. The van der Waals surface area contributed by atoms with Gasteiger partial charge in [0.2, 0.25) is 5.91 Å². The van der Waals surface area contributed by atoms with Crippen LogP contribution >= 0.6 is 0 Å². The summed E-state index contributed by atoms with van der Waals surface area (Å²) in [5.74, 6) is 1.49. The molecule has 4 aromatic rings. The zero-order chi connectivity index (χ0) is 25.1. The number of carbonyl (C=O) groups excluding carboxylic acids is 1. The van der Waals surface area contributed by atoms with Gasteiger partial charge in [-0.2, -0.15) is 0 Å². The average molecular weight is 486 g/mol. The average Bonchev–Trinajstić information content (AvgIpc) is 2.90. The number of benzene rings is 3. The summed E-state index contributed by atoms with van der Waals surface area (Å²) in [7, 11) is 1.57. The van der Waals surface area contributed by atoms with Crippen LogP contribution in [0.1, 0.15) is 11.1 Å². The van der Waals surface area contributed by atoms with Crippen LogP contribution in [0, 0.1) is 6.92 Å². The molecule has 1 aliphatic rings. The lowest BCUT2D eigenvalue weighted by Crippen LogP contribution is -2.30. The van der Waals surface area contributed by atoms with Gasteiger partial charge in [0.1, 0.15) is 25.5 Å². The molecule has 8 heteroatoms. The Balaban J connectivity index is 1.43. The van der Waals surface area contributed by atoms with Gasteiger partial charge in [-0.3, -0.25) is 14.2 Å². The van der Waals surface area contributed by atoms with Crippen molar-refractivity contribution in [1.29, 1.82) is 0 Å². The number of carbonyl (C=O) groups is 1. The van der Waals surface area contributed by atoms with Crippen LogP contribution < -0.4 is 30.4 Å². The third kappa shape index (κ3) is 4.98. The highest BCUT2D eigenvalue weighted by Crippen LogP contribution is 2.32. The van der Waals surface area contributed by atoms with Crippen LogP contribution in [-0.2, 0) is 17.9 Å². The molecule has 0 aliphatic carbocycles. The Morgan fingerprint density at radius 3 is 2.47 bits per heavy atom. The Bertz CT molecular complexity index is 1480. The van der Waals surface area contributed by atoms with E-state index in [1.54, 1.807) is 31.4 Å². The van der Waals surface area contributed by atoms with Crippen molar-refractivity contribution in [3.05, 3.63) is 88.2 Å². The van der Waals surface area contributed by atoms with Gasteiger partial charge in [0.05, 0.1) is 12.6 Å². The van der Waals surface area contributed by atoms with E-state index in [9.17, 15) is 9.59 Å². The number of anilines is 2. The molecule has 1 amide bonds. The second-order valence-corrected chi connectivity index (χ2v) is 8.61. The van der Waals surface area contributed by atoms with E-state index < -0.39 is 0 Å². The fourth-order valence-electron chi connectivity index (χ4n) is 4.16. The molecule has 0 saturated heterocycles. The molecule has 5 rings (SSSR count). The van der Waals surface area contributed by atoms with Crippen molar-refractivity contribution in [2.24, 2.45) is 0 Å². The number of methoxy groups -OCH3 is 1. The molecule has 0 fully saturated rings. The molecule has 1 aliphatic heterocycles. The van der Waals surface area contributed by atoms with E-state index in [1.807, 2.05) is 49.4 Å². The number of amides is 1. The summed E-state index contributed by atoms with van der Waals surface area (Å²) in [5.41, 5.74) is 3.57. The SMILES string of the molecule is COc1ccc2cc(CNc3ccc(C)cc3)c(=O)n(CC(=O)Nc3ccc4c(c3)OCCO4)c2c1. The Hall–Kier alpha value is -4.46. The van der Waals surface area contributed by atoms with Crippen LogP contribution in [0.15, 0.2) is 71.5 Å². The number of nitrogens with one attached hydrogen (secondary N) is 2. The van der Waals surface area contributed by atoms with Crippen LogP contribution in [0.4, 0.5) is 11.4 Å². The zero-order valence-corrected chi connectivity index (χ0v) is 20.2. The van der Waals surface area contributed by atoms with Gasteiger partial charge in [-0.05, 0) is 54.8 Å². The van der Waals surface area contributed by atoms with E-state index in [2.05, 4.69) is 10.6 Å². The molecule has 0 atom stereocenters. The maximum Gasteiger partial charge on any atom is 0.256 e. The van der Waals surface area contributed by atoms with Gasteiger partial charge in [-0.25, -0.2) is 0 Å². The molecule has 0 unspecified atom stereocenters. The van der Waals surface area contributed by atoms with Crippen LogP contribution in [-0.4, -0.2) is 30.8 Å². The summed E-state index contributed by atoms with van der Waals surface area (Å²) in [6.45, 7) is 3.14. The first kappa shape index (κ1) is 23.3. The van der Waals surface area contributed by atoms with Crippen LogP contribution in [0.5, 0.6) is 17.2 Å². The number of ether oxygens (including phenoxy) is 3. The number of pyridine rings is 1. The molecule has 1 aromatic heterocycles. The third-order valence-corrected chi connectivity index (χ3v) is 6.04. The van der Waals surface area contributed by atoms with Gasteiger partial charge in [0, 0.05) is 35.6 Å². The Labute approximate surface area is 208 Å². The minimum atomic E-state index is -0.332. The van der Waals surface area contributed by atoms with E-state index in [-0.39, 0.29) is 18.0 Å². The predicted octanol–water partition coefficient (Wildman–Crippen LogP) is 4.34. The highest BCUT2D eigenvalue weighted by atomic mass is 16.6. The number of rotatable bonds is 7. The van der Waals surface area contributed by atoms with Crippen LogP contribution in [0.2, 0.25) is 0 Å². The van der Waals surface area contributed by atoms with E-state index in [0.717, 1.165) is 16.6 Å². The first-order valence-electron chi connectivity index (χ1n) is 11.7. The Morgan fingerprint density at radius 2 is 1.69 bits per heavy atom. The first-order valence-corrected chi connectivity index (χ1v) is 11.7. The molecule has 184 valence electrons. The Kier molecular flexibility index (Phi) is 6.49. The van der Waals surface area contributed by atoms with Crippen molar-refractivity contribution < 1.29 is 19.0 Å². The van der Waals surface area contributed by atoms with Crippen LogP contribution in [0.3, 0.4) is 0 Å². The number of fused-ring (bicyclic) bond motifs is 2. The van der Waals surface area contributed by atoms with Crippen molar-refractivity contribution in [2.45, 2.75) is 20.0 Å². The summed E-state index contributed by atoms with van der Waals surface area (Å²) in [4.78, 5) is 26.5. The Morgan fingerprint density at radius 1 is 0.944 bits per heavy atom. The lowest BCUT2D eigenvalue weighted by Gasteiger charge is -2.19. The molecule has 2 N–H and O–H groups in total. The van der Waals surface area contributed by atoms with Crippen molar-refractivity contribution in [3.8, 4) is 17.2 Å². The van der Waals surface area contributed by atoms with Crippen molar-refractivity contribution in [1.82, 2.24) is 4.57 Å². The number of hydrogen-bond donors (Lipinski definition) is 2. The van der Waals surface area contributed by atoms with E-state index in [0.29, 0.717) is 53.8 Å². The van der Waals surface area contributed by atoms with E-state index >= 15 is 0 Å². The highest BCUT2D eigenvalue weighted by Gasteiger charge is 2.16. The van der Waals surface area contributed by atoms with Gasteiger partial charge >= 0.3 is 0 Å². The highest BCUT2D eigenvalue weighted by molar-refractivity contribution is 5.92. The van der Waals surface area contributed by atoms with Gasteiger partial charge in [0.25, 0.3) is 5.56 Å². The molecular formula is C28H27N3O5. The molecule has 0 saturated carbocycles. The normalized spacial score (nSPS) is 12.3. The second kappa shape index (κ2) is 10.0. The summed E-state index contributed by atoms with van der Waals surface area (Å²) >= 11 is 0. The van der Waals surface area contributed by atoms with Gasteiger partial charge in [-0.1, -0.05) is 17.7 Å². The molecule has 2 heterocycles. The predicted molar refractivity (Wildman–Crippen MR) is 139 cm³/mol. The number of aryl methyl sites for hydroxylation is 1. The van der Waals surface area contributed by atoms with Crippen molar-refractivity contribution in [3.63, 3.8) is 0 Å². The largest absolute Gasteiger partial charge is 0.497 e. The van der Waals surface area contributed by atoms with Gasteiger partial charge in [-0.15, -0.1) is 0 Å². The fraction of sp³-hybridized carbons (Fsp3) is 0.214. The first-order chi connectivity index (χ1) is 17.5. The minimum Gasteiger partial charge on any atom is -0.497 e. The maximum atomic E-state index is 13.5. The summed E-state index contributed by atoms with van der Waals surface area (Å²) < 4.78 is 18.0. The second-order valence-electron chi connectivity index (χ2n) is 8.61. The third-order valence-electron chi connectivity index (χ3n) is 6.04. The zero-order valence-electron chi connectivity index (χ0n) is 20.2. The van der Waals surface area contributed by atoms with Crippen molar-refractivity contribution >= 4 is 28.2 Å². The van der Waals surface area contributed by atoms with Crippen molar-refractivity contribution in [2.75, 3.05) is 31.0 Å². The monoisotopic (exact) mass is 485 g/mol. The van der Waals surface area contributed by atoms with E-state index in [1.165, 1.54) is 4.57 Å². The molecule has 36 heavy (non-hydrogen) atoms. The van der Waals surface area contributed by atoms with Gasteiger partial charge in [0.15, 0.2) is 11.5 Å².